The number of carbonyl (C=O) groups excluding carboxylic acids is 1. The number of para-hydroxylation sites is 2. The number of unbranched alkanes of at least 4 members (excludes halogenated alkanes) is 3. The van der Waals surface area contributed by atoms with Crippen molar-refractivity contribution < 1.29 is 29.3 Å². The maximum absolute atomic E-state index is 12.7. The van der Waals surface area contributed by atoms with Gasteiger partial charge in [0.15, 0.2) is 6.23 Å². The van der Waals surface area contributed by atoms with Crippen molar-refractivity contribution in [3.05, 3.63) is 24.3 Å². The molecule has 182 valence electrons. The van der Waals surface area contributed by atoms with Gasteiger partial charge in [-0.25, -0.2) is 0 Å². The van der Waals surface area contributed by atoms with Crippen LogP contribution in [0.2, 0.25) is 0 Å². The van der Waals surface area contributed by atoms with E-state index >= 15 is 0 Å². The minimum Gasteiger partial charge on any atom is -0.480 e. The van der Waals surface area contributed by atoms with Gasteiger partial charge in [0.25, 0.3) is 0 Å². The first-order valence-corrected chi connectivity index (χ1v) is 11.9. The molecule has 9 heteroatoms. The van der Waals surface area contributed by atoms with Gasteiger partial charge in [-0.2, -0.15) is 0 Å². The van der Waals surface area contributed by atoms with Gasteiger partial charge in [-0.3, -0.25) is 24.6 Å². The maximum Gasteiger partial charge on any atom is 0.323 e. The molecule has 0 bridgehead atoms. The normalized spacial score (nSPS) is 19.9. The monoisotopic (exact) mass is 461 g/mol. The molecular formula is C24H35N3O6. The summed E-state index contributed by atoms with van der Waals surface area (Å²) < 4.78 is 5.90. The molecule has 9 nitrogen and oxygen atoms in total. The number of amides is 1. The van der Waals surface area contributed by atoms with Crippen LogP contribution in [0.5, 0.6) is 5.75 Å². The molecule has 1 amide bonds. The Balaban J connectivity index is 1.50. The molecule has 33 heavy (non-hydrogen) atoms. The van der Waals surface area contributed by atoms with Gasteiger partial charge in [-0.15, -0.1) is 0 Å². The number of aliphatic carboxylic acids is 2. The summed E-state index contributed by atoms with van der Waals surface area (Å²) in [5, 5.41) is 25.2. The van der Waals surface area contributed by atoms with E-state index in [9.17, 15) is 24.6 Å². The Kier molecular flexibility index (Phi) is 9.50. The number of rotatable bonds is 12. The van der Waals surface area contributed by atoms with Gasteiger partial charge in [0, 0.05) is 0 Å². The lowest BCUT2D eigenvalue weighted by molar-refractivity contribution is -0.141. The molecule has 2 aliphatic rings. The second kappa shape index (κ2) is 12.6. The van der Waals surface area contributed by atoms with Crippen LogP contribution in [0.4, 0.5) is 5.69 Å². The van der Waals surface area contributed by atoms with E-state index in [1.165, 1.54) is 25.7 Å². The largest absolute Gasteiger partial charge is 0.480 e. The molecular weight excluding hydrogens is 426 g/mol. The van der Waals surface area contributed by atoms with Crippen LogP contribution in [0.3, 0.4) is 0 Å². The van der Waals surface area contributed by atoms with E-state index in [0.717, 1.165) is 43.2 Å². The molecule has 0 aromatic heterocycles. The second-order valence-corrected chi connectivity index (χ2v) is 8.89. The van der Waals surface area contributed by atoms with Crippen molar-refractivity contribution in [2.45, 2.75) is 70.1 Å². The molecule has 0 aliphatic carbocycles. The van der Waals surface area contributed by atoms with E-state index < -0.39 is 36.7 Å². The molecule has 0 radical (unpaired) electrons. The highest BCUT2D eigenvalue weighted by Crippen LogP contribution is 2.32. The molecule has 1 aromatic carbocycles. The number of benzene rings is 1. The molecule has 3 rings (SSSR count). The average Bonchev–Trinajstić information content (AvgIpc) is 2.91. The number of carboxylic acid groups (broad SMARTS) is 2. The van der Waals surface area contributed by atoms with Crippen LogP contribution in [-0.2, 0) is 14.4 Å². The number of fused-ring (bicyclic) bond motifs is 1. The van der Waals surface area contributed by atoms with Gasteiger partial charge < -0.3 is 20.3 Å². The molecule has 2 aliphatic heterocycles. The van der Waals surface area contributed by atoms with Crippen LogP contribution in [0.15, 0.2) is 24.3 Å². The van der Waals surface area contributed by atoms with Crippen LogP contribution in [0.25, 0.3) is 0 Å². The van der Waals surface area contributed by atoms with Crippen LogP contribution in [0.1, 0.15) is 57.8 Å². The summed E-state index contributed by atoms with van der Waals surface area (Å²) >= 11 is 0. The number of ether oxygens (including phenoxy) is 1. The van der Waals surface area contributed by atoms with Crippen LogP contribution in [0, 0.1) is 5.92 Å². The number of carboxylic acids is 2. The smallest absolute Gasteiger partial charge is 0.323 e. The Morgan fingerprint density at radius 1 is 1.12 bits per heavy atom. The molecule has 0 spiro atoms. The summed E-state index contributed by atoms with van der Waals surface area (Å²) in [4.78, 5) is 37.0. The highest BCUT2D eigenvalue weighted by Gasteiger charge is 2.32. The molecule has 0 saturated carbocycles. The van der Waals surface area contributed by atoms with E-state index in [2.05, 4.69) is 10.6 Å². The summed E-state index contributed by atoms with van der Waals surface area (Å²) in [5.41, 5.74) is 0.370. The SMILES string of the molecule is O=C(O)CN1C(=O)C[C@@H](N[C@@H](CCCCCCC2CCNCC2)C(=O)O)Oc2ccccc21. The molecule has 1 aromatic rings. The zero-order valence-electron chi connectivity index (χ0n) is 19.0. The van der Waals surface area contributed by atoms with Crippen LogP contribution < -0.4 is 20.3 Å². The molecule has 0 unspecified atom stereocenters. The third-order valence-corrected chi connectivity index (χ3v) is 6.38. The minimum atomic E-state index is -1.13. The summed E-state index contributed by atoms with van der Waals surface area (Å²) in [5.74, 6) is -1.38. The Bertz CT molecular complexity index is 811. The molecule has 1 saturated heterocycles. The maximum atomic E-state index is 12.7. The fourth-order valence-electron chi connectivity index (χ4n) is 4.59. The fourth-order valence-corrected chi connectivity index (χ4v) is 4.59. The van der Waals surface area contributed by atoms with Crippen molar-refractivity contribution in [1.29, 1.82) is 0 Å². The van der Waals surface area contributed by atoms with Crippen molar-refractivity contribution in [3.8, 4) is 5.75 Å². The Labute approximate surface area is 194 Å². The third kappa shape index (κ3) is 7.71. The third-order valence-electron chi connectivity index (χ3n) is 6.38. The van der Waals surface area contributed by atoms with Crippen molar-refractivity contribution in [2.24, 2.45) is 5.92 Å². The fraction of sp³-hybridized carbons (Fsp3) is 0.625. The van der Waals surface area contributed by atoms with Gasteiger partial charge >= 0.3 is 11.9 Å². The average molecular weight is 462 g/mol. The van der Waals surface area contributed by atoms with Crippen molar-refractivity contribution >= 4 is 23.5 Å². The van der Waals surface area contributed by atoms with E-state index in [1.54, 1.807) is 24.3 Å². The lowest BCUT2D eigenvalue weighted by Crippen LogP contribution is -2.47. The van der Waals surface area contributed by atoms with Gasteiger partial charge in [0.05, 0.1) is 12.1 Å². The molecule has 1 fully saturated rings. The van der Waals surface area contributed by atoms with Gasteiger partial charge in [0.1, 0.15) is 18.3 Å². The minimum absolute atomic E-state index is 0.151. The number of anilines is 1. The Morgan fingerprint density at radius 2 is 1.85 bits per heavy atom. The van der Waals surface area contributed by atoms with Gasteiger partial charge in [-0.1, -0.05) is 44.2 Å². The van der Waals surface area contributed by atoms with Crippen molar-refractivity contribution in [2.75, 3.05) is 24.5 Å². The van der Waals surface area contributed by atoms with Crippen LogP contribution in [-0.4, -0.2) is 60.0 Å². The van der Waals surface area contributed by atoms with E-state index in [0.29, 0.717) is 17.9 Å². The molecule has 2 atom stereocenters. The van der Waals surface area contributed by atoms with Crippen LogP contribution >= 0.6 is 0 Å². The van der Waals surface area contributed by atoms with Crippen molar-refractivity contribution in [1.82, 2.24) is 10.6 Å². The summed E-state index contributed by atoms with van der Waals surface area (Å²) in [6.45, 7) is 1.74. The number of hydrogen-bond acceptors (Lipinski definition) is 6. The summed E-state index contributed by atoms with van der Waals surface area (Å²) in [6.07, 6.45) is 7.19. The Hall–Kier alpha value is -2.65. The number of carbonyl (C=O) groups is 3. The highest BCUT2D eigenvalue weighted by atomic mass is 16.5. The number of piperidine rings is 1. The first kappa shape index (κ1) is 25.0. The van der Waals surface area contributed by atoms with Gasteiger partial charge in [0.2, 0.25) is 5.91 Å². The lowest BCUT2D eigenvalue weighted by atomic mass is 9.92. The molecule has 2 heterocycles. The topological polar surface area (TPSA) is 128 Å². The first-order valence-electron chi connectivity index (χ1n) is 11.9. The number of nitrogens with one attached hydrogen (secondary N) is 2. The number of nitrogens with zero attached hydrogens (tertiary/aromatic N) is 1. The van der Waals surface area contributed by atoms with E-state index in [-0.39, 0.29) is 6.42 Å². The zero-order valence-corrected chi connectivity index (χ0v) is 19.0. The second-order valence-electron chi connectivity index (χ2n) is 8.89. The summed E-state index contributed by atoms with van der Waals surface area (Å²) in [7, 11) is 0. The zero-order chi connectivity index (χ0) is 23.6. The Morgan fingerprint density at radius 3 is 2.58 bits per heavy atom. The molecule has 4 N–H and O–H groups in total. The summed E-state index contributed by atoms with van der Waals surface area (Å²) in [6, 6.07) is 5.85. The number of hydrogen-bond donors (Lipinski definition) is 4. The highest BCUT2D eigenvalue weighted by molar-refractivity contribution is 5.99. The quantitative estimate of drug-likeness (QED) is 0.350. The van der Waals surface area contributed by atoms with E-state index in [4.69, 9.17) is 4.74 Å². The predicted molar refractivity (Wildman–Crippen MR) is 123 cm³/mol. The van der Waals surface area contributed by atoms with E-state index in [1.807, 2.05) is 0 Å². The van der Waals surface area contributed by atoms with Crippen molar-refractivity contribution in [3.63, 3.8) is 0 Å². The standard InChI is InChI=1S/C24H35N3O6/c28-22-15-21(33-20-10-6-5-9-19(20)27(22)16-23(29)30)26-18(24(31)32)8-4-2-1-3-7-17-11-13-25-14-12-17/h5-6,9-10,17-18,21,25-26H,1-4,7-8,11-16H2,(H,29,30)(H,31,32)/t18-,21-/m0/s1. The van der Waals surface area contributed by atoms with Gasteiger partial charge in [-0.05, 0) is 50.4 Å². The first-order chi connectivity index (χ1) is 15.9. The predicted octanol–water partition coefficient (Wildman–Crippen LogP) is 2.60. The lowest BCUT2D eigenvalue weighted by Gasteiger charge is -2.23.